The molecule has 1 atom stereocenters. The van der Waals surface area contributed by atoms with E-state index in [9.17, 15) is 9.90 Å². The van der Waals surface area contributed by atoms with Gasteiger partial charge in [-0.3, -0.25) is 0 Å². The molecular weight excluding hydrogens is 232 g/mol. The molecule has 1 aromatic carbocycles. The molecular formula is C14H20O4. The molecule has 4 nitrogen and oxygen atoms in total. The van der Waals surface area contributed by atoms with E-state index in [1.54, 1.807) is 6.92 Å². The van der Waals surface area contributed by atoms with Crippen LogP contribution >= 0.6 is 0 Å². The lowest BCUT2D eigenvalue weighted by Gasteiger charge is -2.25. The Kier molecular flexibility index (Phi) is 4.02. The summed E-state index contributed by atoms with van der Waals surface area (Å²) in [4.78, 5) is 11.0. The smallest absolute Gasteiger partial charge is 0.337 e. The van der Waals surface area contributed by atoms with Crippen LogP contribution in [0.3, 0.4) is 0 Å². The first kappa shape index (κ1) is 14.5. The van der Waals surface area contributed by atoms with E-state index in [-0.39, 0.29) is 5.41 Å². The van der Waals surface area contributed by atoms with E-state index in [0.29, 0.717) is 16.9 Å². The number of hydrogen-bond acceptors (Lipinski definition) is 3. The molecule has 0 heterocycles. The van der Waals surface area contributed by atoms with Crippen LogP contribution in [0.25, 0.3) is 0 Å². The third kappa shape index (κ3) is 2.64. The van der Waals surface area contributed by atoms with Crippen molar-refractivity contribution in [2.45, 2.75) is 39.2 Å². The average Bonchev–Trinajstić information content (AvgIpc) is 2.25. The van der Waals surface area contributed by atoms with Gasteiger partial charge < -0.3 is 14.9 Å². The maximum absolute atomic E-state index is 11.0. The molecule has 1 aromatic rings. The number of ether oxygens (including phenoxy) is 1. The number of benzene rings is 1. The number of aliphatic carboxylic acids is 1. The van der Waals surface area contributed by atoms with Gasteiger partial charge in [0.15, 0.2) is 6.10 Å². The molecule has 0 amide bonds. The van der Waals surface area contributed by atoms with Gasteiger partial charge in [-0.05, 0) is 23.5 Å². The third-order valence-electron chi connectivity index (χ3n) is 2.93. The molecule has 0 aliphatic carbocycles. The summed E-state index contributed by atoms with van der Waals surface area (Å²) in [6, 6.07) is 3.72. The average molecular weight is 252 g/mol. The van der Waals surface area contributed by atoms with Crippen LogP contribution < -0.4 is 4.74 Å². The molecule has 0 saturated heterocycles. The molecule has 4 heteroatoms. The number of carboxylic acid groups (broad SMARTS) is 1. The molecule has 0 aliphatic rings. The zero-order valence-corrected chi connectivity index (χ0v) is 11.4. The van der Waals surface area contributed by atoms with Gasteiger partial charge in [0.2, 0.25) is 0 Å². The number of carboxylic acids is 1. The van der Waals surface area contributed by atoms with E-state index in [1.165, 1.54) is 7.11 Å². The van der Waals surface area contributed by atoms with Crippen molar-refractivity contribution in [3.63, 3.8) is 0 Å². The minimum atomic E-state index is -1.57. The van der Waals surface area contributed by atoms with Gasteiger partial charge in [0.1, 0.15) is 5.75 Å². The van der Waals surface area contributed by atoms with Crippen LogP contribution in [0.1, 0.15) is 43.6 Å². The van der Waals surface area contributed by atoms with Gasteiger partial charge in [0, 0.05) is 5.56 Å². The van der Waals surface area contributed by atoms with Crippen LogP contribution in [0.5, 0.6) is 5.75 Å². The Morgan fingerprint density at radius 3 is 2.28 bits per heavy atom. The van der Waals surface area contributed by atoms with E-state index in [1.807, 2.05) is 32.9 Å². The monoisotopic (exact) mass is 252 g/mol. The highest BCUT2D eigenvalue weighted by atomic mass is 16.5. The molecule has 0 fully saturated rings. The van der Waals surface area contributed by atoms with Gasteiger partial charge in [-0.2, -0.15) is 0 Å². The molecule has 2 N–H and O–H groups in total. The normalized spacial score (nSPS) is 13.2. The van der Waals surface area contributed by atoms with Gasteiger partial charge in [0.25, 0.3) is 0 Å². The van der Waals surface area contributed by atoms with Crippen LogP contribution in [-0.2, 0) is 10.2 Å². The van der Waals surface area contributed by atoms with Crippen LogP contribution in [0.2, 0.25) is 0 Å². The van der Waals surface area contributed by atoms with Gasteiger partial charge in [-0.1, -0.05) is 32.9 Å². The van der Waals surface area contributed by atoms with Crippen molar-refractivity contribution in [2.75, 3.05) is 7.11 Å². The molecule has 0 bridgehead atoms. The summed E-state index contributed by atoms with van der Waals surface area (Å²) in [6.07, 6.45) is -1.57. The van der Waals surface area contributed by atoms with Crippen molar-refractivity contribution in [3.8, 4) is 5.75 Å². The molecule has 0 radical (unpaired) electrons. The Morgan fingerprint density at radius 1 is 1.33 bits per heavy atom. The highest BCUT2D eigenvalue weighted by molar-refractivity contribution is 5.76. The zero-order valence-electron chi connectivity index (χ0n) is 11.4. The summed E-state index contributed by atoms with van der Waals surface area (Å²) >= 11 is 0. The Hall–Kier alpha value is -1.55. The number of hydrogen-bond donors (Lipinski definition) is 2. The van der Waals surface area contributed by atoms with E-state index in [0.717, 1.165) is 5.56 Å². The number of methoxy groups -OCH3 is 1. The molecule has 0 saturated carbocycles. The molecule has 18 heavy (non-hydrogen) atoms. The van der Waals surface area contributed by atoms with E-state index >= 15 is 0 Å². The van der Waals surface area contributed by atoms with E-state index in [2.05, 4.69) is 0 Å². The first-order chi connectivity index (χ1) is 8.20. The predicted octanol–water partition coefficient (Wildman–Crippen LogP) is 2.42. The van der Waals surface area contributed by atoms with E-state index < -0.39 is 12.1 Å². The molecule has 1 rings (SSSR count). The SMILES string of the molecule is COc1c(C(C)(C)C)ccc(C)c1C(O)C(=O)O. The van der Waals surface area contributed by atoms with Crippen molar-refractivity contribution >= 4 is 5.97 Å². The Labute approximate surface area is 107 Å². The number of rotatable bonds is 3. The largest absolute Gasteiger partial charge is 0.496 e. The minimum Gasteiger partial charge on any atom is -0.496 e. The van der Waals surface area contributed by atoms with Crippen LogP contribution in [-0.4, -0.2) is 23.3 Å². The predicted molar refractivity (Wildman–Crippen MR) is 69.0 cm³/mol. The van der Waals surface area contributed by atoms with Crippen LogP contribution in [0, 0.1) is 6.92 Å². The number of aryl methyl sites for hydroxylation is 1. The second-order valence-electron chi connectivity index (χ2n) is 5.37. The summed E-state index contributed by atoms with van der Waals surface area (Å²) in [7, 11) is 1.49. The fraction of sp³-hybridized carbons (Fsp3) is 0.500. The van der Waals surface area contributed by atoms with Crippen LogP contribution in [0.15, 0.2) is 12.1 Å². The summed E-state index contributed by atoms with van der Waals surface area (Å²) in [6.45, 7) is 7.79. The standard InChI is InChI=1S/C14H20O4/c1-8-6-7-9(14(2,3)4)12(18-5)10(8)11(15)13(16)17/h6-7,11,15H,1-5H3,(H,16,17). The summed E-state index contributed by atoms with van der Waals surface area (Å²) in [5.41, 5.74) is 1.73. The Morgan fingerprint density at radius 2 is 1.89 bits per heavy atom. The maximum Gasteiger partial charge on any atom is 0.337 e. The first-order valence-electron chi connectivity index (χ1n) is 5.79. The second kappa shape index (κ2) is 4.98. The van der Waals surface area contributed by atoms with Crippen molar-refractivity contribution < 1.29 is 19.7 Å². The highest BCUT2D eigenvalue weighted by Gasteiger charge is 2.28. The van der Waals surface area contributed by atoms with Gasteiger partial charge in [0.05, 0.1) is 7.11 Å². The van der Waals surface area contributed by atoms with Gasteiger partial charge in [-0.25, -0.2) is 4.79 Å². The van der Waals surface area contributed by atoms with Gasteiger partial charge in [-0.15, -0.1) is 0 Å². The second-order valence-corrected chi connectivity index (χ2v) is 5.37. The first-order valence-corrected chi connectivity index (χ1v) is 5.79. The lowest BCUT2D eigenvalue weighted by atomic mass is 9.83. The molecule has 0 spiro atoms. The molecule has 0 aromatic heterocycles. The number of aliphatic hydroxyl groups excluding tert-OH is 1. The highest BCUT2D eigenvalue weighted by Crippen LogP contribution is 2.38. The lowest BCUT2D eigenvalue weighted by molar-refractivity contribution is -0.147. The Balaban J connectivity index is 3.54. The lowest BCUT2D eigenvalue weighted by Crippen LogP contribution is -2.18. The Bertz CT molecular complexity index is 458. The fourth-order valence-electron chi connectivity index (χ4n) is 1.97. The van der Waals surface area contributed by atoms with Crippen molar-refractivity contribution in [1.29, 1.82) is 0 Å². The quantitative estimate of drug-likeness (QED) is 0.867. The summed E-state index contributed by atoms with van der Waals surface area (Å²) < 4.78 is 5.33. The molecule has 100 valence electrons. The van der Waals surface area contributed by atoms with E-state index in [4.69, 9.17) is 9.84 Å². The third-order valence-corrected chi connectivity index (χ3v) is 2.93. The topological polar surface area (TPSA) is 66.8 Å². The minimum absolute atomic E-state index is 0.188. The number of carbonyl (C=O) groups is 1. The fourth-order valence-corrected chi connectivity index (χ4v) is 1.97. The molecule has 0 aliphatic heterocycles. The maximum atomic E-state index is 11.0. The zero-order chi connectivity index (χ0) is 14.1. The van der Waals surface area contributed by atoms with Crippen molar-refractivity contribution in [2.24, 2.45) is 0 Å². The summed E-state index contributed by atoms with van der Waals surface area (Å²) in [5, 5.41) is 18.8. The van der Waals surface area contributed by atoms with Crippen molar-refractivity contribution in [1.82, 2.24) is 0 Å². The van der Waals surface area contributed by atoms with Gasteiger partial charge >= 0.3 is 5.97 Å². The number of aliphatic hydroxyl groups is 1. The summed E-state index contributed by atoms with van der Waals surface area (Å²) in [5.74, 6) is -0.820. The van der Waals surface area contributed by atoms with Crippen LogP contribution in [0.4, 0.5) is 0 Å². The van der Waals surface area contributed by atoms with Crippen molar-refractivity contribution in [3.05, 3.63) is 28.8 Å². The molecule has 1 unspecified atom stereocenters.